The summed E-state index contributed by atoms with van der Waals surface area (Å²) < 4.78 is 3.03. The first kappa shape index (κ1) is 14.8. The van der Waals surface area contributed by atoms with Crippen LogP contribution in [0.1, 0.15) is 18.4 Å². The van der Waals surface area contributed by atoms with E-state index in [-0.39, 0.29) is 0 Å². The fourth-order valence-corrected chi connectivity index (χ4v) is 3.13. The first-order valence-electron chi connectivity index (χ1n) is 7.44. The van der Waals surface area contributed by atoms with Gasteiger partial charge in [-0.15, -0.1) is 0 Å². The van der Waals surface area contributed by atoms with E-state index in [2.05, 4.69) is 56.6 Å². The number of halogens is 1. The van der Waals surface area contributed by atoms with Crippen molar-refractivity contribution in [2.45, 2.75) is 25.4 Å². The maximum atomic E-state index is 4.48. The summed E-state index contributed by atoms with van der Waals surface area (Å²) in [6, 6.07) is 8.84. The Morgan fingerprint density at radius 1 is 1.33 bits per heavy atom. The van der Waals surface area contributed by atoms with Crippen molar-refractivity contribution in [3.05, 3.63) is 46.7 Å². The molecule has 1 aliphatic rings. The van der Waals surface area contributed by atoms with Crippen LogP contribution >= 0.6 is 15.9 Å². The van der Waals surface area contributed by atoms with Crippen molar-refractivity contribution in [3.8, 4) is 5.69 Å². The maximum absolute atomic E-state index is 4.48. The van der Waals surface area contributed by atoms with Crippen molar-refractivity contribution >= 4 is 15.9 Å². The fourth-order valence-electron chi connectivity index (χ4n) is 2.87. The molecule has 0 spiro atoms. The first-order chi connectivity index (χ1) is 10.2. The Hall–Kier alpha value is -1.17. The minimum atomic E-state index is 0.625. The number of likely N-dealkylation sites (tertiary alicyclic amines) is 1. The van der Waals surface area contributed by atoms with Crippen LogP contribution in [0.3, 0.4) is 0 Å². The molecule has 5 heteroatoms. The number of nitrogens with zero attached hydrogens (tertiary/aromatic N) is 3. The van der Waals surface area contributed by atoms with Crippen LogP contribution in [0.5, 0.6) is 0 Å². The van der Waals surface area contributed by atoms with Crippen LogP contribution in [0.25, 0.3) is 5.69 Å². The zero-order valence-electron chi connectivity index (χ0n) is 12.3. The Bertz CT molecular complexity index is 578. The van der Waals surface area contributed by atoms with Crippen LogP contribution in [0.15, 0.2) is 41.1 Å². The van der Waals surface area contributed by atoms with Gasteiger partial charge in [0.05, 0.1) is 11.9 Å². The molecule has 1 N–H and O–H groups in total. The molecule has 0 bridgehead atoms. The number of piperidine rings is 1. The van der Waals surface area contributed by atoms with E-state index >= 15 is 0 Å². The van der Waals surface area contributed by atoms with Crippen molar-refractivity contribution < 1.29 is 0 Å². The second-order valence-electron chi connectivity index (χ2n) is 5.63. The zero-order chi connectivity index (χ0) is 14.7. The minimum absolute atomic E-state index is 0.625. The monoisotopic (exact) mass is 348 g/mol. The number of rotatable bonds is 4. The van der Waals surface area contributed by atoms with E-state index in [4.69, 9.17) is 0 Å². The molecule has 3 rings (SSSR count). The highest BCUT2D eigenvalue weighted by atomic mass is 79.9. The van der Waals surface area contributed by atoms with Gasteiger partial charge in [0.2, 0.25) is 0 Å². The number of hydrogen-bond acceptors (Lipinski definition) is 3. The SMILES string of the molecule is CNC1CCCN(Cc2cnn(-c3ccc(Br)cc3)c2)C1. The predicted molar refractivity (Wildman–Crippen MR) is 88.6 cm³/mol. The molecule has 4 nitrogen and oxygen atoms in total. The number of nitrogens with one attached hydrogen (secondary N) is 1. The third-order valence-corrected chi connectivity index (χ3v) is 4.58. The molecule has 0 aliphatic carbocycles. The van der Waals surface area contributed by atoms with Crippen molar-refractivity contribution in [1.82, 2.24) is 20.0 Å². The Kier molecular flexibility index (Phi) is 4.73. The Morgan fingerprint density at radius 3 is 2.90 bits per heavy atom. The van der Waals surface area contributed by atoms with Crippen LogP contribution in [0.4, 0.5) is 0 Å². The topological polar surface area (TPSA) is 33.1 Å². The van der Waals surface area contributed by atoms with E-state index in [0.29, 0.717) is 6.04 Å². The fraction of sp³-hybridized carbons (Fsp3) is 0.438. The van der Waals surface area contributed by atoms with Gasteiger partial charge in [0, 0.05) is 35.4 Å². The molecular formula is C16H21BrN4. The van der Waals surface area contributed by atoms with Gasteiger partial charge >= 0.3 is 0 Å². The highest BCUT2D eigenvalue weighted by Gasteiger charge is 2.18. The number of benzene rings is 1. The second kappa shape index (κ2) is 6.73. The highest BCUT2D eigenvalue weighted by molar-refractivity contribution is 9.10. The van der Waals surface area contributed by atoms with E-state index in [1.54, 1.807) is 0 Å². The van der Waals surface area contributed by atoms with Gasteiger partial charge in [-0.1, -0.05) is 15.9 Å². The zero-order valence-corrected chi connectivity index (χ0v) is 13.9. The summed E-state index contributed by atoms with van der Waals surface area (Å²) in [5.41, 5.74) is 2.37. The second-order valence-corrected chi connectivity index (χ2v) is 6.55. The Balaban J connectivity index is 1.66. The van der Waals surface area contributed by atoms with Gasteiger partial charge in [-0.2, -0.15) is 5.10 Å². The summed E-state index contributed by atoms with van der Waals surface area (Å²) in [5, 5.41) is 7.87. The first-order valence-corrected chi connectivity index (χ1v) is 8.23. The molecule has 1 aromatic carbocycles. The molecular weight excluding hydrogens is 328 g/mol. The van der Waals surface area contributed by atoms with Gasteiger partial charge in [-0.25, -0.2) is 4.68 Å². The molecule has 0 radical (unpaired) electrons. The summed E-state index contributed by atoms with van der Waals surface area (Å²) >= 11 is 3.46. The molecule has 0 saturated carbocycles. The molecule has 2 heterocycles. The third kappa shape index (κ3) is 3.73. The van der Waals surface area contributed by atoms with Crippen molar-refractivity contribution in [2.24, 2.45) is 0 Å². The van der Waals surface area contributed by atoms with Crippen molar-refractivity contribution in [3.63, 3.8) is 0 Å². The maximum Gasteiger partial charge on any atom is 0.0646 e. The molecule has 1 saturated heterocycles. The normalized spacial score (nSPS) is 19.8. The van der Waals surface area contributed by atoms with E-state index in [0.717, 1.165) is 23.2 Å². The van der Waals surface area contributed by atoms with Gasteiger partial charge in [-0.3, -0.25) is 4.90 Å². The van der Waals surface area contributed by atoms with Crippen molar-refractivity contribution in [1.29, 1.82) is 0 Å². The minimum Gasteiger partial charge on any atom is -0.316 e. The lowest BCUT2D eigenvalue weighted by atomic mass is 10.1. The quantitative estimate of drug-likeness (QED) is 0.922. The number of hydrogen-bond donors (Lipinski definition) is 1. The van der Waals surface area contributed by atoms with Gasteiger partial charge in [0.15, 0.2) is 0 Å². The summed E-state index contributed by atoms with van der Waals surface area (Å²) in [6.07, 6.45) is 6.66. The third-order valence-electron chi connectivity index (χ3n) is 4.05. The lowest BCUT2D eigenvalue weighted by molar-refractivity contribution is 0.188. The van der Waals surface area contributed by atoms with E-state index in [9.17, 15) is 0 Å². The average Bonchev–Trinajstić information content (AvgIpc) is 2.96. The van der Waals surface area contributed by atoms with Gasteiger partial charge in [0.1, 0.15) is 0 Å². The summed E-state index contributed by atoms with van der Waals surface area (Å²) in [4.78, 5) is 2.51. The lowest BCUT2D eigenvalue weighted by Crippen LogP contribution is -2.43. The van der Waals surface area contributed by atoms with Crippen LogP contribution in [-0.4, -0.2) is 40.9 Å². The van der Waals surface area contributed by atoms with Crippen molar-refractivity contribution in [2.75, 3.05) is 20.1 Å². The van der Waals surface area contributed by atoms with Gasteiger partial charge in [-0.05, 0) is 50.7 Å². The molecule has 21 heavy (non-hydrogen) atoms. The standard InChI is InChI=1S/C16H21BrN4/c1-18-15-3-2-8-20(12-15)10-13-9-19-21(11-13)16-6-4-14(17)5-7-16/h4-7,9,11,15,18H,2-3,8,10,12H2,1H3. The highest BCUT2D eigenvalue weighted by Crippen LogP contribution is 2.16. The number of likely N-dealkylation sites (N-methyl/N-ethyl adjacent to an activating group) is 1. The smallest absolute Gasteiger partial charge is 0.0646 e. The lowest BCUT2D eigenvalue weighted by Gasteiger charge is -2.32. The summed E-state index contributed by atoms with van der Waals surface area (Å²) in [5.74, 6) is 0. The molecule has 0 amide bonds. The molecule has 1 fully saturated rings. The van der Waals surface area contributed by atoms with Crippen LogP contribution < -0.4 is 5.32 Å². The molecule has 1 atom stereocenters. The molecule has 1 aliphatic heterocycles. The van der Waals surface area contributed by atoms with Crippen LogP contribution in [-0.2, 0) is 6.54 Å². The number of aromatic nitrogens is 2. The van der Waals surface area contributed by atoms with E-state index < -0.39 is 0 Å². The molecule has 1 aromatic heterocycles. The summed E-state index contributed by atoms with van der Waals surface area (Å²) in [7, 11) is 2.06. The van der Waals surface area contributed by atoms with Gasteiger partial charge < -0.3 is 5.32 Å². The summed E-state index contributed by atoms with van der Waals surface area (Å²) in [6.45, 7) is 3.29. The molecule has 112 valence electrons. The Labute approximate surface area is 134 Å². The predicted octanol–water partition coefficient (Wildman–Crippen LogP) is 2.82. The van der Waals surface area contributed by atoms with Crippen LogP contribution in [0.2, 0.25) is 0 Å². The van der Waals surface area contributed by atoms with E-state index in [1.165, 1.54) is 24.9 Å². The van der Waals surface area contributed by atoms with Crippen LogP contribution in [0, 0.1) is 0 Å². The molecule has 2 aromatic rings. The molecule has 1 unspecified atom stereocenters. The van der Waals surface area contributed by atoms with Gasteiger partial charge in [0.25, 0.3) is 0 Å². The largest absolute Gasteiger partial charge is 0.316 e. The average molecular weight is 349 g/mol. The van der Waals surface area contributed by atoms with E-state index in [1.807, 2.05) is 23.0 Å². The Morgan fingerprint density at radius 2 is 2.14 bits per heavy atom.